The van der Waals surface area contributed by atoms with Gasteiger partial charge in [0.2, 0.25) is 0 Å². The molecular formula is C16H31N. The molecule has 0 N–H and O–H groups in total. The van der Waals surface area contributed by atoms with Crippen LogP contribution in [0.5, 0.6) is 0 Å². The largest absolute Gasteiger partial charge is 0.290 e. The van der Waals surface area contributed by atoms with Gasteiger partial charge in [0.05, 0.1) is 6.04 Å². The van der Waals surface area contributed by atoms with E-state index in [0.29, 0.717) is 16.9 Å². The summed E-state index contributed by atoms with van der Waals surface area (Å²) in [5, 5.41) is 0. The van der Waals surface area contributed by atoms with Crippen molar-refractivity contribution in [1.82, 2.24) is 0 Å². The molecule has 0 radical (unpaired) electrons. The van der Waals surface area contributed by atoms with Gasteiger partial charge in [-0.15, -0.1) is 0 Å². The molecule has 0 heterocycles. The molecule has 1 atom stereocenters. The van der Waals surface area contributed by atoms with Gasteiger partial charge in [-0.1, -0.05) is 60.6 Å². The topological polar surface area (TPSA) is 12.4 Å². The highest BCUT2D eigenvalue weighted by Crippen LogP contribution is 2.39. The predicted molar refractivity (Wildman–Crippen MR) is 79.9 cm³/mol. The third kappa shape index (κ3) is 7.36. The van der Waals surface area contributed by atoms with Crippen LogP contribution in [0.2, 0.25) is 0 Å². The summed E-state index contributed by atoms with van der Waals surface area (Å²) in [6.45, 7) is 17.7. The summed E-state index contributed by atoms with van der Waals surface area (Å²) in [5.41, 5.74) is 0.794. The zero-order valence-corrected chi connectivity index (χ0v) is 12.7. The van der Waals surface area contributed by atoms with Crippen LogP contribution in [0.1, 0.15) is 67.2 Å². The Morgan fingerprint density at radius 2 is 1.71 bits per heavy atom. The van der Waals surface area contributed by atoms with Crippen LogP contribution in [0, 0.1) is 10.8 Å². The molecule has 0 aliphatic carbocycles. The van der Waals surface area contributed by atoms with Gasteiger partial charge in [-0.05, 0) is 30.1 Å². The molecule has 100 valence electrons. The quantitative estimate of drug-likeness (QED) is 0.510. The molecule has 0 aromatic carbocycles. The summed E-state index contributed by atoms with van der Waals surface area (Å²) in [4.78, 5) is 4.56. The van der Waals surface area contributed by atoms with Crippen LogP contribution in [0.4, 0.5) is 0 Å². The molecule has 1 unspecified atom stereocenters. The maximum atomic E-state index is 4.56. The molecule has 1 nitrogen and oxygen atoms in total. The first kappa shape index (κ1) is 16.4. The van der Waals surface area contributed by atoms with Crippen LogP contribution in [0.25, 0.3) is 0 Å². The first-order valence-electron chi connectivity index (χ1n) is 6.90. The number of allylic oxidation sites excluding steroid dienone is 1. The lowest BCUT2D eigenvalue weighted by Crippen LogP contribution is -2.26. The summed E-state index contributed by atoms with van der Waals surface area (Å²) < 4.78 is 0. The van der Waals surface area contributed by atoms with Crippen LogP contribution in [0.3, 0.4) is 0 Å². The van der Waals surface area contributed by atoms with Crippen molar-refractivity contribution < 1.29 is 0 Å². The first-order valence-corrected chi connectivity index (χ1v) is 6.90. The van der Waals surface area contributed by atoms with Gasteiger partial charge >= 0.3 is 0 Å². The monoisotopic (exact) mass is 237 g/mol. The van der Waals surface area contributed by atoms with Gasteiger partial charge in [0.25, 0.3) is 0 Å². The molecule has 0 aliphatic heterocycles. The molecule has 0 fully saturated rings. The van der Waals surface area contributed by atoms with E-state index < -0.39 is 0 Å². The highest BCUT2D eigenvalue weighted by atomic mass is 14.8. The van der Waals surface area contributed by atoms with Crippen molar-refractivity contribution in [1.29, 1.82) is 0 Å². The average molecular weight is 237 g/mol. The Balaban J connectivity index is 4.50. The van der Waals surface area contributed by atoms with Gasteiger partial charge in [-0.2, -0.15) is 0 Å². The molecule has 0 aromatic rings. The van der Waals surface area contributed by atoms with Gasteiger partial charge in [-0.25, -0.2) is 0 Å². The van der Waals surface area contributed by atoms with Gasteiger partial charge in [0.1, 0.15) is 0 Å². The second kappa shape index (κ2) is 6.98. The van der Waals surface area contributed by atoms with E-state index in [1.165, 1.54) is 12.8 Å². The maximum absolute atomic E-state index is 4.56. The third-order valence-electron chi connectivity index (χ3n) is 3.58. The van der Waals surface area contributed by atoms with Gasteiger partial charge in [0, 0.05) is 6.21 Å². The number of hydrogen-bond donors (Lipinski definition) is 0. The fourth-order valence-corrected chi connectivity index (χ4v) is 2.62. The fourth-order valence-electron chi connectivity index (χ4n) is 2.62. The predicted octanol–water partition coefficient (Wildman–Crippen LogP) is 5.26. The number of aliphatic imine (C=N–C) groups is 1. The first-order chi connectivity index (χ1) is 7.76. The summed E-state index contributed by atoms with van der Waals surface area (Å²) in [6, 6.07) is 0.440. The number of rotatable bonds is 8. The molecule has 0 aliphatic rings. The second-order valence-electron chi connectivity index (χ2n) is 6.66. The second-order valence-corrected chi connectivity index (χ2v) is 6.66. The van der Waals surface area contributed by atoms with Crippen molar-refractivity contribution in [2.45, 2.75) is 73.3 Å². The van der Waals surface area contributed by atoms with Crippen molar-refractivity contribution in [3.63, 3.8) is 0 Å². The molecule has 0 saturated heterocycles. The molecule has 17 heavy (non-hydrogen) atoms. The van der Waals surface area contributed by atoms with Gasteiger partial charge < -0.3 is 0 Å². The van der Waals surface area contributed by atoms with Crippen LogP contribution in [-0.2, 0) is 0 Å². The van der Waals surface area contributed by atoms with E-state index in [2.05, 4.69) is 53.1 Å². The minimum Gasteiger partial charge on any atom is -0.290 e. The van der Waals surface area contributed by atoms with Crippen LogP contribution in [-0.4, -0.2) is 12.3 Å². The van der Waals surface area contributed by atoms with Crippen molar-refractivity contribution in [3.8, 4) is 0 Å². The lowest BCUT2D eigenvalue weighted by molar-refractivity contribution is 0.167. The Labute approximate surface area is 108 Å². The Kier molecular flexibility index (Phi) is 6.74. The Morgan fingerprint density at radius 1 is 1.12 bits per heavy atom. The van der Waals surface area contributed by atoms with E-state index in [4.69, 9.17) is 0 Å². The molecule has 0 amide bonds. The molecule has 0 rings (SSSR count). The third-order valence-corrected chi connectivity index (χ3v) is 3.58. The Morgan fingerprint density at radius 3 is 2.12 bits per heavy atom. The van der Waals surface area contributed by atoms with E-state index in [1.54, 1.807) is 6.08 Å². The number of hydrogen-bond acceptors (Lipinski definition) is 1. The minimum absolute atomic E-state index is 0.360. The van der Waals surface area contributed by atoms with Crippen molar-refractivity contribution >= 4 is 6.21 Å². The maximum Gasteiger partial charge on any atom is 0.0502 e. The SMILES string of the molecule is C=C/C=N\C(CC)CC(C)(C)CC(C)(C)CC. The lowest BCUT2D eigenvalue weighted by atomic mass is 9.71. The molecule has 0 saturated carbocycles. The standard InChI is InChI=1S/C16H31N/c1-8-11-17-14(9-2)12-16(6,7)13-15(4,5)10-3/h8,11,14H,1,9-10,12-13H2,2-7H3/b17-11-. The minimum atomic E-state index is 0.360. The molecular weight excluding hydrogens is 206 g/mol. The Bertz CT molecular complexity index is 248. The van der Waals surface area contributed by atoms with E-state index in [-0.39, 0.29) is 0 Å². The average Bonchev–Trinajstić information content (AvgIpc) is 2.22. The van der Waals surface area contributed by atoms with Crippen LogP contribution in [0.15, 0.2) is 17.6 Å². The van der Waals surface area contributed by atoms with E-state index in [1.807, 2.05) is 6.21 Å². The summed E-state index contributed by atoms with van der Waals surface area (Å²) in [5.74, 6) is 0. The van der Waals surface area contributed by atoms with E-state index in [0.717, 1.165) is 12.8 Å². The fraction of sp³-hybridized carbons (Fsp3) is 0.812. The lowest BCUT2D eigenvalue weighted by Gasteiger charge is -2.36. The summed E-state index contributed by atoms with van der Waals surface area (Å²) >= 11 is 0. The number of nitrogens with zero attached hydrogens (tertiary/aromatic N) is 1. The highest BCUT2D eigenvalue weighted by molar-refractivity contribution is 5.70. The molecule has 0 bridgehead atoms. The molecule has 0 spiro atoms. The van der Waals surface area contributed by atoms with Crippen LogP contribution >= 0.6 is 0 Å². The molecule has 1 heteroatoms. The summed E-state index contributed by atoms with van der Waals surface area (Å²) in [7, 11) is 0. The van der Waals surface area contributed by atoms with Gasteiger partial charge in [-0.3, -0.25) is 4.99 Å². The van der Waals surface area contributed by atoms with Crippen molar-refractivity contribution in [2.24, 2.45) is 15.8 Å². The highest BCUT2D eigenvalue weighted by Gasteiger charge is 2.29. The normalized spacial score (nSPS) is 15.2. The van der Waals surface area contributed by atoms with Crippen molar-refractivity contribution in [2.75, 3.05) is 0 Å². The zero-order chi connectivity index (χ0) is 13.5. The zero-order valence-electron chi connectivity index (χ0n) is 12.7. The van der Waals surface area contributed by atoms with Crippen LogP contribution < -0.4 is 0 Å². The van der Waals surface area contributed by atoms with Gasteiger partial charge in [0.15, 0.2) is 0 Å². The smallest absolute Gasteiger partial charge is 0.0502 e. The summed E-state index contributed by atoms with van der Waals surface area (Å²) in [6.07, 6.45) is 8.39. The Hall–Kier alpha value is -0.590. The van der Waals surface area contributed by atoms with E-state index in [9.17, 15) is 0 Å². The van der Waals surface area contributed by atoms with E-state index >= 15 is 0 Å². The molecule has 0 aromatic heterocycles. The van der Waals surface area contributed by atoms with Crippen molar-refractivity contribution in [3.05, 3.63) is 12.7 Å².